The van der Waals surface area contributed by atoms with Crippen molar-refractivity contribution in [2.45, 2.75) is 69.1 Å². The third-order valence-electron chi connectivity index (χ3n) is 4.88. The second kappa shape index (κ2) is 17.5. The van der Waals surface area contributed by atoms with Crippen molar-refractivity contribution in [1.29, 1.82) is 0 Å². The third kappa shape index (κ3) is 14.2. The zero-order valence-corrected chi connectivity index (χ0v) is 20.6. The van der Waals surface area contributed by atoms with Crippen LogP contribution < -0.4 is 38.9 Å². The summed E-state index contributed by atoms with van der Waals surface area (Å²) in [5.41, 5.74) is 21.3. The molecule has 0 aliphatic rings. The van der Waals surface area contributed by atoms with E-state index in [0.29, 0.717) is 25.1 Å². The molecular weight excluding hydrogens is 482 g/mol. The molecule has 0 radical (unpaired) electrons. The number of carboxylic acid groups (broad SMARTS) is 1. The van der Waals surface area contributed by atoms with Crippen LogP contribution in [-0.2, 0) is 28.8 Å². The van der Waals surface area contributed by atoms with Crippen LogP contribution in [0.4, 0.5) is 0 Å². The first-order valence-corrected chi connectivity index (χ1v) is 12.5. The molecule has 4 unspecified atom stereocenters. The fourth-order valence-corrected chi connectivity index (χ4v) is 3.41. The number of carboxylic acids is 1. The van der Waals surface area contributed by atoms with Crippen LogP contribution in [0, 0.1) is 0 Å². The van der Waals surface area contributed by atoms with E-state index >= 15 is 0 Å². The molecule has 200 valence electrons. The first-order chi connectivity index (χ1) is 16.4. The molecule has 0 aromatic heterocycles. The molecule has 0 saturated heterocycles. The molecule has 0 aliphatic carbocycles. The van der Waals surface area contributed by atoms with E-state index in [4.69, 9.17) is 22.9 Å². The number of carbonyl (C=O) groups is 6. The molecule has 0 rings (SSSR count). The molecule has 0 aromatic rings. The number of rotatable bonds is 19. The molecule has 0 bridgehead atoms. The van der Waals surface area contributed by atoms with Crippen molar-refractivity contribution in [3.05, 3.63) is 0 Å². The summed E-state index contributed by atoms with van der Waals surface area (Å²) in [4.78, 5) is 71.6. The van der Waals surface area contributed by atoms with E-state index in [9.17, 15) is 33.9 Å². The highest BCUT2D eigenvalue weighted by atomic mass is 32.2. The van der Waals surface area contributed by atoms with Crippen LogP contribution in [0.1, 0.15) is 44.9 Å². The lowest BCUT2D eigenvalue weighted by molar-refractivity contribution is -0.142. The summed E-state index contributed by atoms with van der Waals surface area (Å²) in [7, 11) is 0. The Labute approximate surface area is 208 Å². The van der Waals surface area contributed by atoms with Crippen molar-refractivity contribution < 1.29 is 33.9 Å². The smallest absolute Gasteiger partial charge is 0.326 e. The normalized spacial score (nSPS) is 14.1. The molecule has 0 fully saturated rings. The van der Waals surface area contributed by atoms with Crippen molar-refractivity contribution in [3.63, 3.8) is 0 Å². The van der Waals surface area contributed by atoms with Gasteiger partial charge in [-0.15, -0.1) is 0 Å². The second-order valence-electron chi connectivity index (χ2n) is 7.87. The van der Waals surface area contributed by atoms with Crippen LogP contribution in [0.25, 0.3) is 0 Å². The maximum absolute atomic E-state index is 13.0. The monoisotopic (exact) mass is 519 g/mol. The average Bonchev–Trinajstić information content (AvgIpc) is 2.77. The summed E-state index contributed by atoms with van der Waals surface area (Å²) in [6.45, 7) is 0.365. The Morgan fingerprint density at radius 2 is 1.34 bits per heavy atom. The molecule has 0 saturated carbocycles. The number of aliphatic carboxylic acids is 1. The molecule has 0 aromatic carbocycles. The van der Waals surface area contributed by atoms with E-state index < -0.39 is 66.1 Å². The minimum Gasteiger partial charge on any atom is -0.480 e. The van der Waals surface area contributed by atoms with E-state index in [2.05, 4.69) is 16.0 Å². The first-order valence-electron chi connectivity index (χ1n) is 11.1. The number of nitrogens with two attached hydrogens (primary N) is 4. The van der Waals surface area contributed by atoms with Crippen LogP contribution in [0.5, 0.6) is 0 Å². The number of hydrogen-bond acceptors (Lipinski definition) is 9. The number of amides is 5. The molecule has 0 spiro atoms. The van der Waals surface area contributed by atoms with Crippen molar-refractivity contribution in [1.82, 2.24) is 16.0 Å². The van der Waals surface area contributed by atoms with Gasteiger partial charge in [-0.2, -0.15) is 11.8 Å². The molecular formula is C20H37N7O7S. The summed E-state index contributed by atoms with van der Waals surface area (Å²) in [5.74, 6) is -4.61. The van der Waals surface area contributed by atoms with Gasteiger partial charge in [-0.1, -0.05) is 0 Å². The van der Waals surface area contributed by atoms with E-state index in [-0.39, 0.29) is 25.7 Å². The minimum atomic E-state index is -1.38. The Kier molecular flexibility index (Phi) is 16.1. The molecule has 0 aliphatic heterocycles. The number of unbranched alkanes of at least 4 members (excludes halogenated alkanes) is 1. The van der Waals surface area contributed by atoms with Gasteiger partial charge in [0.1, 0.15) is 18.1 Å². The summed E-state index contributed by atoms with van der Waals surface area (Å²) >= 11 is 1.41. The number of hydrogen-bond donors (Lipinski definition) is 8. The van der Waals surface area contributed by atoms with Gasteiger partial charge in [-0.05, 0) is 50.7 Å². The summed E-state index contributed by atoms with van der Waals surface area (Å²) in [5, 5.41) is 16.7. The van der Waals surface area contributed by atoms with Crippen LogP contribution >= 0.6 is 11.8 Å². The summed E-state index contributed by atoms with van der Waals surface area (Å²) in [6.07, 6.45) is 2.33. The number of nitrogens with one attached hydrogen (secondary N) is 3. The van der Waals surface area contributed by atoms with Gasteiger partial charge in [0.05, 0.1) is 12.5 Å². The van der Waals surface area contributed by atoms with E-state index in [0.717, 1.165) is 0 Å². The SMILES string of the molecule is CSCCC(NC(=O)C(CCCCN)NC(=O)C(N)CC(N)=O)C(=O)NC(CCC(N)=O)C(=O)O. The molecule has 5 amide bonds. The predicted molar refractivity (Wildman–Crippen MR) is 130 cm³/mol. The standard InChI is InChI=1S/C20H37N7O7S/c1-35-9-7-13(19(32)27-14(20(33)34)5-6-15(23)28)26-18(31)12(4-2-3-8-21)25-17(30)11(22)10-16(24)29/h11-14H,2-10,21-22H2,1H3,(H2,23,28)(H2,24,29)(H,25,30)(H,26,31)(H,27,32)(H,33,34). The van der Waals surface area contributed by atoms with Crippen molar-refractivity contribution in [3.8, 4) is 0 Å². The van der Waals surface area contributed by atoms with Gasteiger partial charge in [0.25, 0.3) is 0 Å². The maximum atomic E-state index is 13.0. The lowest BCUT2D eigenvalue weighted by atomic mass is 10.1. The van der Waals surface area contributed by atoms with Gasteiger partial charge in [-0.3, -0.25) is 24.0 Å². The van der Waals surface area contributed by atoms with Crippen LogP contribution in [0.2, 0.25) is 0 Å². The Bertz CT molecular complexity index is 753. The zero-order valence-electron chi connectivity index (χ0n) is 19.8. The van der Waals surface area contributed by atoms with E-state index in [1.165, 1.54) is 11.8 Å². The van der Waals surface area contributed by atoms with Crippen LogP contribution in [0.15, 0.2) is 0 Å². The van der Waals surface area contributed by atoms with Crippen molar-refractivity contribution in [2.75, 3.05) is 18.6 Å². The van der Waals surface area contributed by atoms with Crippen LogP contribution in [0.3, 0.4) is 0 Å². The Balaban J connectivity index is 5.48. The number of primary amides is 2. The van der Waals surface area contributed by atoms with Gasteiger partial charge >= 0.3 is 5.97 Å². The van der Waals surface area contributed by atoms with Gasteiger partial charge < -0.3 is 44.0 Å². The summed E-state index contributed by atoms with van der Waals surface area (Å²) in [6, 6.07) is -4.83. The topological polar surface area (TPSA) is 263 Å². The molecule has 12 N–H and O–H groups in total. The first kappa shape index (κ1) is 32.1. The lowest BCUT2D eigenvalue weighted by Gasteiger charge is -2.25. The largest absolute Gasteiger partial charge is 0.480 e. The van der Waals surface area contributed by atoms with Gasteiger partial charge in [0.2, 0.25) is 29.5 Å². The zero-order chi connectivity index (χ0) is 27.0. The minimum absolute atomic E-state index is 0.172. The quantitative estimate of drug-likeness (QED) is 0.0795. The van der Waals surface area contributed by atoms with E-state index in [1.807, 2.05) is 0 Å². The molecule has 14 nitrogen and oxygen atoms in total. The Hall–Kier alpha value is -2.91. The van der Waals surface area contributed by atoms with E-state index in [1.54, 1.807) is 6.26 Å². The predicted octanol–water partition coefficient (Wildman–Crippen LogP) is -3.12. The molecule has 35 heavy (non-hydrogen) atoms. The number of carbonyl (C=O) groups excluding carboxylic acids is 5. The number of thioether (sulfide) groups is 1. The highest BCUT2D eigenvalue weighted by Gasteiger charge is 2.30. The Morgan fingerprint density at radius 1 is 0.800 bits per heavy atom. The lowest BCUT2D eigenvalue weighted by Crippen LogP contribution is -2.57. The third-order valence-corrected chi connectivity index (χ3v) is 5.52. The Morgan fingerprint density at radius 3 is 1.83 bits per heavy atom. The van der Waals surface area contributed by atoms with Gasteiger partial charge in [0.15, 0.2) is 0 Å². The fourth-order valence-electron chi connectivity index (χ4n) is 2.94. The molecule has 4 atom stereocenters. The van der Waals surface area contributed by atoms with Gasteiger partial charge in [0, 0.05) is 6.42 Å². The highest BCUT2D eigenvalue weighted by molar-refractivity contribution is 7.98. The summed E-state index contributed by atoms with van der Waals surface area (Å²) < 4.78 is 0. The van der Waals surface area contributed by atoms with Crippen molar-refractivity contribution >= 4 is 47.3 Å². The van der Waals surface area contributed by atoms with Crippen molar-refractivity contribution in [2.24, 2.45) is 22.9 Å². The van der Waals surface area contributed by atoms with Gasteiger partial charge in [-0.25, -0.2) is 4.79 Å². The molecule has 15 heteroatoms. The highest BCUT2D eigenvalue weighted by Crippen LogP contribution is 2.07. The second-order valence-corrected chi connectivity index (χ2v) is 8.86. The maximum Gasteiger partial charge on any atom is 0.326 e. The fraction of sp³-hybridized carbons (Fsp3) is 0.700. The molecule has 0 heterocycles. The van der Waals surface area contributed by atoms with Crippen LogP contribution in [-0.4, -0.2) is 83.3 Å². The average molecular weight is 520 g/mol.